The van der Waals surface area contributed by atoms with Crippen LogP contribution in [0.1, 0.15) is 25.0 Å². The molecular weight excluding hydrogens is 228 g/mol. The quantitative estimate of drug-likeness (QED) is 0.865. The molecule has 0 saturated carbocycles. The van der Waals surface area contributed by atoms with E-state index in [4.69, 9.17) is 21.4 Å². The van der Waals surface area contributed by atoms with Gasteiger partial charge in [0.05, 0.1) is 11.4 Å². The van der Waals surface area contributed by atoms with E-state index in [1.54, 1.807) is 6.07 Å². The fourth-order valence-corrected chi connectivity index (χ4v) is 2.31. The predicted octanol–water partition coefficient (Wildman–Crippen LogP) is 2.68. The fraction of sp³-hybridized carbons (Fsp3) is 0.417. The third kappa shape index (κ3) is 2.14. The summed E-state index contributed by atoms with van der Waals surface area (Å²) in [5, 5.41) is 9.23. The second-order valence-corrected chi connectivity index (χ2v) is 5.08. The number of fused-ring (bicyclic) bond motifs is 1. The number of benzene rings is 1. The molecule has 1 heterocycles. The lowest BCUT2D eigenvalue weighted by molar-refractivity contribution is -0.136. The molecule has 1 aromatic carbocycles. The molecule has 4 heteroatoms. The van der Waals surface area contributed by atoms with Crippen molar-refractivity contribution < 1.29 is 14.6 Å². The van der Waals surface area contributed by atoms with Crippen molar-refractivity contribution in [2.75, 3.05) is 0 Å². The van der Waals surface area contributed by atoms with Crippen molar-refractivity contribution in [2.24, 2.45) is 0 Å². The van der Waals surface area contributed by atoms with Crippen LogP contribution in [0.15, 0.2) is 12.1 Å². The summed E-state index contributed by atoms with van der Waals surface area (Å²) in [6.07, 6.45) is 0.753. The van der Waals surface area contributed by atoms with Gasteiger partial charge in [-0.25, -0.2) is 0 Å². The lowest BCUT2D eigenvalue weighted by Gasteiger charge is -2.17. The van der Waals surface area contributed by atoms with Gasteiger partial charge in [-0.05, 0) is 31.0 Å². The number of rotatable bonds is 2. The highest BCUT2D eigenvalue weighted by Gasteiger charge is 2.32. The van der Waals surface area contributed by atoms with Gasteiger partial charge >= 0.3 is 5.97 Å². The van der Waals surface area contributed by atoms with Gasteiger partial charge in [0.25, 0.3) is 0 Å². The van der Waals surface area contributed by atoms with Gasteiger partial charge in [-0.2, -0.15) is 0 Å². The van der Waals surface area contributed by atoms with Gasteiger partial charge in [0.1, 0.15) is 11.4 Å². The molecule has 0 amide bonds. The molecule has 0 radical (unpaired) electrons. The van der Waals surface area contributed by atoms with E-state index in [1.165, 1.54) is 0 Å². The van der Waals surface area contributed by atoms with Gasteiger partial charge in [-0.3, -0.25) is 4.79 Å². The van der Waals surface area contributed by atoms with Crippen molar-refractivity contribution in [3.63, 3.8) is 0 Å². The molecule has 0 fully saturated rings. The van der Waals surface area contributed by atoms with Crippen molar-refractivity contribution in [2.45, 2.75) is 32.3 Å². The van der Waals surface area contributed by atoms with Crippen LogP contribution in [0.3, 0.4) is 0 Å². The number of carboxylic acids is 1. The Morgan fingerprint density at radius 3 is 2.88 bits per heavy atom. The number of carbonyl (C=O) groups is 1. The average Bonchev–Trinajstić information content (AvgIpc) is 2.38. The van der Waals surface area contributed by atoms with Crippen molar-refractivity contribution in [3.8, 4) is 5.75 Å². The van der Waals surface area contributed by atoms with Crippen molar-refractivity contribution >= 4 is 17.6 Å². The summed E-state index contributed by atoms with van der Waals surface area (Å²) in [7, 11) is 0. The van der Waals surface area contributed by atoms with Gasteiger partial charge in [0.15, 0.2) is 0 Å². The highest BCUT2D eigenvalue weighted by molar-refractivity contribution is 6.32. The average molecular weight is 241 g/mol. The number of aliphatic carboxylic acids is 1. The molecule has 3 nitrogen and oxygen atoms in total. The molecule has 0 atom stereocenters. The summed E-state index contributed by atoms with van der Waals surface area (Å²) < 4.78 is 5.71. The zero-order valence-corrected chi connectivity index (χ0v) is 9.97. The minimum absolute atomic E-state index is 0.00652. The van der Waals surface area contributed by atoms with Crippen LogP contribution in [0.25, 0.3) is 0 Å². The van der Waals surface area contributed by atoms with Gasteiger partial charge in [-0.1, -0.05) is 17.7 Å². The van der Waals surface area contributed by atoms with E-state index < -0.39 is 5.97 Å². The molecule has 0 unspecified atom stereocenters. The lowest BCUT2D eigenvalue weighted by atomic mass is 9.99. The van der Waals surface area contributed by atoms with Crippen LogP contribution in [0.4, 0.5) is 0 Å². The summed E-state index contributed by atoms with van der Waals surface area (Å²) >= 11 is 6.07. The highest BCUT2D eigenvalue weighted by atomic mass is 35.5. The first-order valence-electron chi connectivity index (χ1n) is 5.09. The molecule has 2 rings (SSSR count). The topological polar surface area (TPSA) is 46.5 Å². The normalized spacial score (nSPS) is 16.7. The van der Waals surface area contributed by atoms with E-state index in [0.29, 0.717) is 10.8 Å². The first-order chi connectivity index (χ1) is 7.37. The Bertz CT molecular complexity index is 452. The Kier molecular flexibility index (Phi) is 2.58. The molecule has 1 aromatic rings. The van der Waals surface area contributed by atoms with Gasteiger partial charge in [-0.15, -0.1) is 0 Å². The van der Waals surface area contributed by atoms with E-state index in [9.17, 15) is 4.79 Å². The van der Waals surface area contributed by atoms with Crippen molar-refractivity contribution in [1.82, 2.24) is 0 Å². The number of hydrogen-bond acceptors (Lipinski definition) is 2. The minimum Gasteiger partial charge on any atom is -0.486 e. The first kappa shape index (κ1) is 11.3. The summed E-state index contributed by atoms with van der Waals surface area (Å²) in [4.78, 5) is 10.6. The maximum atomic E-state index is 10.6. The molecule has 0 bridgehead atoms. The SMILES string of the molecule is CC1(C)Cc2cc(CC(=O)O)cc(Cl)c2O1. The zero-order chi connectivity index (χ0) is 11.9. The van der Waals surface area contributed by atoms with Gasteiger partial charge < -0.3 is 9.84 Å². The summed E-state index contributed by atoms with van der Waals surface area (Å²) in [6.45, 7) is 3.97. The summed E-state index contributed by atoms with van der Waals surface area (Å²) in [5.74, 6) is -0.157. The van der Waals surface area contributed by atoms with E-state index in [0.717, 1.165) is 17.5 Å². The second-order valence-electron chi connectivity index (χ2n) is 4.67. The monoisotopic (exact) mass is 240 g/mol. The van der Waals surface area contributed by atoms with Crippen LogP contribution < -0.4 is 4.74 Å². The van der Waals surface area contributed by atoms with Crippen LogP contribution in [-0.2, 0) is 17.6 Å². The largest absolute Gasteiger partial charge is 0.486 e. The third-order valence-electron chi connectivity index (χ3n) is 2.53. The highest BCUT2D eigenvalue weighted by Crippen LogP contribution is 2.40. The van der Waals surface area contributed by atoms with E-state index >= 15 is 0 Å². The number of carboxylic acid groups (broad SMARTS) is 1. The Morgan fingerprint density at radius 2 is 2.25 bits per heavy atom. The fourth-order valence-electron chi connectivity index (χ4n) is 2.01. The molecule has 1 N–H and O–H groups in total. The Labute approximate surface area is 99.0 Å². The second kappa shape index (κ2) is 3.67. The molecular formula is C12H13ClO3. The molecule has 1 aliphatic rings. The molecule has 0 aliphatic carbocycles. The molecule has 86 valence electrons. The lowest BCUT2D eigenvalue weighted by Crippen LogP contribution is -2.24. The predicted molar refractivity (Wildman–Crippen MR) is 61.2 cm³/mol. The Hall–Kier alpha value is -1.22. The van der Waals surface area contributed by atoms with E-state index in [1.807, 2.05) is 19.9 Å². The van der Waals surface area contributed by atoms with Gasteiger partial charge in [0, 0.05) is 6.42 Å². The van der Waals surface area contributed by atoms with Crippen molar-refractivity contribution in [1.29, 1.82) is 0 Å². The number of ether oxygens (including phenoxy) is 1. The van der Waals surface area contributed by atoms with Crippen LogP contribution in [0, 0.1) is 0 Å². The van der Waals surface area contributed by atoms with Crippen LogP contribution >= 0.6 is 11.6 Å². The molecule has 0 spiro atoms. The maximum Gasteiger partial charge on any atom is 0.307 e. The number of halogens is 1. The Morgan fingerprint density at radius 1 is 1.56 bits per heavy atom. The molecule has 16 heavy (non-hydrogen) atoms. The molecule has 0 aromatic heterocycles. The summed E-state index contributed by atoms with van der Waals surface area (Å²) in [6, 6.07) is 3.53. The van der Waals surface area contributed by atoms with Crippen LogP contribution in [0.5, 0.6) is 5.75 Å². The minimum atomic E-state index is -0.853. The zero-order valence-electron chi connectivity index (χ0n) is 9.21. The summed E-state index contributed by atoms with van der Waals surface area (Å²) in [5.41, 5.74) is 1.46. The van der Waals surface area contributed by atoms with E-state index in [2.05, 4.69) is 0 Å². The maximum absolute atomic E-state index is 10.6. The van der Waals surface area contributed by atoms with Crippen LogP contribution in [-0.4, -0.2) is 16.7 Å². The Balaban J connectivity index is 2.38. The smallest absolute Gasteiger partial charge is 0.307 e. The third-order valence-corrected chi connectivity index (χ3v) is 2.81. The van der Waals surface area contributed by atoms with Gasteiger partial charge in [0.2, 0.25) is 0 Å². The van der Waals surface area contributed by atoms with Crippen molar-refractivity contribution in [3.05, 3.63) is 28.3 Å². The molecule has 0 saturated heterocycles. The molecule has 1 aliphatic heterocycles. The number of hydrogen-bond donors (Lipinski definition) is 1. The van der Waals surface area contributed by atoms with E-state index in [-0.39, 0.29) is 12.0 Å². The standard InChI is InChI=1S/C12H13ClO3/c1-12(2)6-8-3-7(5-10(14)15)4-9(13)11(8)16-12/h3-4H,5-6H2,1-2H3,(H,14,15). The van der Waals surface area contributed by atoms with Crippen LogP contribution in [0.2, 0.25) is 5.02 Å². The first-order valence-corrected chi connectivity index (χ1v) is 5.47.